The third-order valence-corrected chi connectivity index (χ3v) is 2.74. The van der Waals surface area contributed by atoms with Crippen molar-refractivity contribution in [2.75, 3.05) is 20.3 Å². The molecule has 1 aromatic carbocycles. The molecule has 0 radical (unpaired) electrons. The van der Waals surface area contributed by atoms with Crippen LogP contribution < -0.4 is 9.47 Å². The highest BCUT2D eigenvalue weighted by Crippen LogP contribution is 2.32. The summed E-state index contributed by atoms with van der Waals surface area (Å²) in [5.74, 6) is 0.563. The lowest BCUT2D eigenvalue weighted by Crippen LogP contribution is -2.10. The van der Waals surface area contributed by atoms with Crippen molar-refractivity contribution in [1.82, 2.24) is 0 Å². The third-order valence-electron chi connectivity index (χ3n) is 2.06. The second-order valence-corrected chi connectivity index (χ2v) is 4.19. The van der Waals surface area contributed by atoms with Crippen LogP contribution in [0.2, 0.25) is 0 Å². The lowest BCUT2D eigenvalue weighted by atomic mass is 10.2. The van der Waals surface area contributed by atoms with E-state index in [4.69, 9.17) is 14.2 Å². The fourth-order valence-corrected chi connectivity index (χ4v) is 1.67. The molecule has 6 heteroatoms. The minimum atomic E-state index is -0.358. The number of methoxy groups -OCH3 is 1. The van der Waals surface area contributed by atoms with Gasteiger partial charge in [0.2, 0.25) is 0 Å². The van der Waals surface area contributed by atoms with Gasteiger partial charge >= 0.3 is 5.97 Å². The molecule has 0 heterocycles. The summed E-state index contributed by atoms with van der Waals surface area (Å²) in [6, 6.07) is 3.20. The minimum Gasteiger partial charge on any atom is -0.493 e. The van der Waals surface area contributed by atoms with Gasteiger partial charge in [-0.2, -0.15) is 0 Å². The van der Waals surface area contributed by atoms with Crippen molar-refractivity contribution in [1.29, 1.82) is 0 Å². The first-order valence-electron chi connectivity index (χ1n) is 5.17. The maximum absolute atomic E-state index is 10.8. The fraction of sp³-hybridized carbons (Fsp3) is 0.333. The predicted octanol–water partition coefficient (Wildman–Crippen LogP) is 2.21. The van der Waals surface area contributed by atoms with Crippen LogP contribution in [-0.4, -0.2) is 32.6 Å². The molecule has 0 spiro atoms. The van der Waals surface area contributed by atoms with Gasteiger partial charge in [0, 0.05) is 17.0 Å². The zero-order chi connectivity index (χ0) is 13.5. The van der Waals surface area contributed by atoms with E-state index >= 15 is 0 Å². The van der Waals surface area contributed by atoms with Gasteiger partial charge in [0.25, 0.3) is 0 Å². The van der Waals surface area contributed by atoms with Crippen LogP contribution in [0.15, 0.2) is 16.6 Å². The Hall–Kier alpha value is -1.56. The Labute approximate surface area is 113 Å². The first-order valence-corrected chi connectivity index (χ1v) is 5.96. The SMILES string of the molecule is COc1cc(C=O)c(Br)cc1OCCOC(C)=O. The van der Waals surface area contributed by atoms with E-state index in [0.717, 1.165) is 6.29 Å². The number of carbonyl (C=O) groups excluding carboxylic acids is 2. The molecule has 0 unspecified atom stereocenters. The summed E-state index contributed by atoms with van der Waals surface area (Å²) in [5, 5.41) is 0. The zero-order valence-corrected chi connectivity index (χ0v) is 11.7. The summed E-state index contributed by atoms with van der Waals surface area (Å²) in [6.45, 7) is 1.70. The average Bonchev–Trinajstić information content (AvgIpc) is 2.34. The monoisotopic (exact) mass is 316 g/mol. The summed E-state index contributed by atoms with van der Waals surface area (Å²) in [4.78, 5) is 21.3. The van der Waals surface area contributed by atoms with Crippen molar-refractivity contribution in [2.24, 2.45) is 0 Å². The Morgan fingerprint density at radius 3 is 2.61 bits per heavy atom. The molecule has 0 saturated heterocycles. The third kappa shape index (κ3) is 4.03. The fourth-order valence-electron chi connectivity index (χ4n) is 1.25. The van der Waals surface area contributed by atoms with Crippen molar-refractivity contribution in [3.8, 4) is 11.5 Å². The maximum atomic E-state index is 10.8. The van der Waals surface area contributed by atoms with Crippen LogP contribution in [0, 0.1) is 0 Å². The van der Waals surface area contributed by atoms with Crippen LogP contribution >= 0.6 is 15.9 Å². The van der Waals surface area contributed by atoms with E-state index in [-0.39, 0.29) is 19.2 Å². The van der Waals surface area contributed by atoms with Crippen LogP contribution in [0.4, 0.5) is 0 Å². The predicted molar refractivity (Wildman–Crippen MR) is 68.2 cm³/mol. The molecule has 0 aliphatic carbocycles. The highest BCUT2D eigenvalue weighted by molar-refractivity contribution is 9.10. The van der Waals surface area contributed by atoms with E-state index in [1.165, 1.54) is 14.0 Å². The van der Waals surface area contributed by atoms with Gasteiger partial charge in [-0.1, -0.05) is 0 Å². The standard InChI is InChI=1S/C12H13BrO5/c1-8(15)17-3-4-18-12-6-10(13)9(7-14)5-11(12)16-2/h5-7H,3-4H2,1-2H3. The van der Waals surface area contributed by atoms with Gasteiger partial charge in [-0.05, 0) is 28.1 Å². The number of halogens is 1. The first kappa shape index (κ1) is 14.5. The molecule has 0 aliphatic rings. The molecule has 0 N–H and O–H groups in total. The van der Waals surface area contributed by atoms with Crippen molar-refractivity contribution in [3.63, 3.8) is 0 Å². The van der Waals surface area contributed by atoms with E-state index in [2.05, 4.69) is 15.9 Å². The Kier molecular flexibility index (Phi) is 5.64. The van der Waals surface area contributed by atoms with Gasteiger partial charge in [-0.15, -0.1) is 0 Å². The summed E-state index contributed by atoms with van der Waals surface area (Å²) in [6.07, 6.45) is 0.718. The van der Waals surface area contributed by atoms with Crippen molar-refractivity contribution < 1.29 is 23.8 Å². The Balaban J connectivity index is 2.72. The minimum absolute atomic E-state index is 0.158. The first-order chi connectivity index (χ1) is 8.58. The van der Waals surface area contributed by atoms with Crippen molar-refractivity contribution >= 4 is 28.2 Å². The van der Waals surface area contributed by atoms with E-state index in [9.17, 15) is 9.59 Å². The van der Waals surface area contributed by atoms with E-state index < -0.39 is 0 Å². The van der Waals surface area contributed by atoms with Gasteiger partial charge in [-0.3, -0.25) is 9.59 Å². The number of hydrogen-bond donors (Lipinski definition) is 0. The molecule has 1 aromatic rings. The number of ether oxygens (including phenoxy) is 3. The topological polar surface area (TPSA) is 61.8 Å². The van der Waals surface area contributed by atoms with Crippen molar-refractivity contribution in [2.45, 2.75) is 6.92 Å². The van der Waals surface area contributed by atoms with Crippen LogP contribution in [0.25, 0.3) is 0 Å². The largest absolute Gasteiger partial charge is 0.493 e. The molecule has 1 rings (SSSR count). The number of hydrogen-bond acceptors (Lipinski definition) is 5. The second kappa shape index (κ2) is 7.00. The molecule has 0 saturated carbocycles. The highest BCUT2D eigenvalue weighted by atomic mass is 79.9. The average molecular weight is 317 g/mol. The van der Waals surface area contributed by atoms with Gasteiger partial charge in [0.15, 0.2) is 17.8 Å². The Morgan fingerprint density at radius 2 is 2.06 bits per heavy atom. The van der Waals surface area contributed by atoms with E-state index in [0.29, 0.717) is 21.5 Å². The molecule has 98 valence electrons. The number of benzene rings is 1. The Morgan fingerprint density at radius 1 is 1.33 bits per heavy atom. The van der Waals surface area contributed by atoms with Crippen LogP contribution in [0.1, 0.15) is 17.3 Å². The second-order valence-electron chi connectivity index (χ2n) is 3.33. The summed E-state index contributed by atoms with van der Waals surface area (Å²) < 4.78 is 15.9. The van der Waals surface area contributed by atoms with Crippen LogP contribution in [0.3, 0.4) is 0 Å². The van der Waals surface area contributed by atoms with Gasteiger partial charge in [0.05, 0.1) is 7.11 Å². The molecule has 0 aromatic heterocycles. The molecule has 0 bridgehead atoms. The summed E-state index contributed by atoms with van der Waals surface area (Å²) in [7, 11) is 1.48. The lowest BCUT2D eigenvalue weighted by Gasteiger charge is -2.12. The zero-order valence-electron chi connectivity index (χ0n) is 10.1. The van der Waals surface area contributed by atoms with E-state index in [1.807, 2.05) is 0 Å². The maximum Gasteiger partial charge on any atom is 0.302 e. The molecule has 0 amide bonds. The summed E-state index contributed by atoms with van der Waals surface area (Å²) >= 11 is 3.25. The molecule has 0 aliphatic heterocycles. The van der Waals surface area contributed by atoms with Gasteiger partial charge in [0.1, 0.15) is 13.2 Å². The molecular weight excluding hydrogens is 304 g/mol. The molecule has 18 heavy (non-hydrogen) atoms. The summed E-state index contributed by atoms with van der Waals surface area (Å²) in [5.41, 5.74) is 0.471. The quantitative estimate of drug-likeness (QED) is 0.457. The Bertz CT molecular complexity index is 444. The molecule has 5 nitrogen and oxygen atoms in total. The number of rotatable bonds is 6. The molecule has 0 fully saturated rings. The molecule has 0 atom stereocenters. The van der Waals surface area contributed by atoms with Crippen molar-refractivity contribution in [3.05, 3.63) is 22.2 Å². The van der Waals surface area contributed by atoms with E-state index in [1.54, 1.807) is 12.1 Å². The van der Waals surface area contributed by atoms with Crippen LogP contribution in [-0.2, 0) is 9.53 Å². The number of aldehydes is 1. The number of esters is 1. The number of carbonyl (C=O) groups is 2. The van der Waals surface area contributed by atoms with Gasteiger partial charge in [-0.25, -0.2) is 0 Å². The van der Waals surface area contributed by atoms with Gasteiger partial charge < -0.3 is 14.2 Å². The normalized spacial score (nSPS) is 9.72. The smallest absolute Gasteiger partial charge is 0.302 e. The van der Waals surface area contributed by atoms with Crippen LogP contribution in [0.5, 0.6) is 11.5 Å². The molecular formula is C12H13BrO5. The highest BCUT2D eigenvalue weighted by Gasteiger charge is 2.09. The lowest BCUT2D eigenvalue weighted by molar-refractivity contribution is -0.141.